The molecular formula is C11H17N3O2. The topological polar surface area (TPSA) is 70.1 Å². The van der Waals surface area contributed by atoms with Crippen LogP contribution in [-0.4, -0.2) is 22.6 Å². The second-order valence-electron chi connectivity index (χ2n) is 4.23. The number of methoxy groups -OCH3 is 1. The van der Waals surface area contributed by atoms with Crippen LogP contribution in [0, 0.1) is 12.8 Å². The predicted octanol–water partition coefficient (Wildman–Crippen LogP) is 1.53. The van der Waals surface area contributed by atoms with Gasteiger partial charge in [-0.1, -0.05) is 13.3 Å². The van der Waals surface area contributed by atoms with E-state index in [1.807, 2.05) is 11.5 Å². The number of nitrogens with zero attached hydrogens (tertiary/aromatic N) is 2. The van der Waals surface area contributed by atoms with Gasteiger partial charge >= 0.3 is 5.97 Å². The largest absolute Gasteiger partial charge is 0.464 e. The van der Waals surface area contributed by atoms with Crippen LogP contribution in [0.25, 0.3) is 0 Å². The first kappa shape index (κ1) is 11.0. The van der Waals surface area contributed by atoms with Gasteiger partial charge in [0, 0.05) is 6.04 Å². The number of nitrogens with two attached hydrogens (primary N) is 1. The fourth-order valence-electron chi connectivity index (χ4n) is 2.21. The highest BCUT2D eigenvalue weighted by molar-refractivity contribution is 5.92. The number of hydrogen-bond acceptors (Lipinski definition) is 4. The van der Waals surface area contributed by atoms with E-state index in [1.165, 1.54) is 7.11 Å². The van der Waals surface area contributed by atoms with Crippen LogP contribution in [0.4, 0.5) is 5.82 Å². The normalized spacial score (nSPS) is 23.2. The van der Waals surface area contributed by atoms with Crippen LogP contribution in [-0.2, 0) is 4.74 Å². The van der Waals surface area contributed by atoms with Gasteiger partial charge in [-0.05, 0) is 19.3 Å². The van der Waals surface area contributed by atoms with Gasteiger partial charge in [-0.15, -0.1) is 0 Å². The average Bonchev–Trinajstić information content (AvgIpc) is 2.98. The molecule has 5 nitrogen and oxygen atoms in total. The van der Waals surface area contributed by atoms with Crippen molar-refractivity contribution < 1.29 is 9.53 Å². The summed E-state index contributed by atoms with van der Waals surface area (Å²) >= 11 is 0. The molecule has 1 aliphatic carbocycles. The van der Waals surface area contributed by atoms with Gasteiger partial charge in [-0.2, -0.15) is 0 Å². The Morgan fingerprint density at radius 3 is 2.88 bits per heavy atom. The maximum atomic E-state index is 11.4. The fourth-order valence-corrected chi connectivity index (χ4v) is 2.21. The second-order valence-corrected chi connectivity index (χ2v) is 4.23. The van der Waals surface area contributed by atoms with Crippen molar-refractivity contribution in [2.24, 2.45) is 5.92 Å². The third-order valence-corrected chi connectivity index (χ3v) is 3.24. The fraction of sp³-hybridized carbons (Fsp3) is 0.636. The van der Waals surface area contributed by atoms with Crippen LogP contribution in [0.1, 0.15) is 42.1 Å². The minimum atomic E-state index is -0.465. The Hall–Kier alpha value is -1.52. The van der Waals surface area contributed by atoms with Crippen LogP contribution < -0.4 is 5.73 Å². The highest BCUT2D eigenvalue weighted by Crippen LogP contribution is 2.47. The number of hydrogen-bond donors (Lipinski definition) is 1. The summed E-state index contributed by atoms with van der Waals surface area (Å²) in [7, 11) is 1.34. The van der Waals surface area contributed by atoms with Crippen molar-refractivity contribution in [1.82, 2.24) is 9.55 Å². The molecule has 0 amide bonds. The number of aryl methyl sites for hydroxylation is 1. The summed E-state index contributed by atoms with van der Waals surface area (Å²) in [5, 5.41) is 0. The Morgan fingerprint density at radius 1 is 1.69 bits per heavy atom. The monoisotopic (exact) mass is 223 g/mol. The van der Waals surface area contributed by atoms with Crippen LogP contribution >= 0.6 is 0 Å². The molecule has 1 fully saturated rings. The second kappa shape index (κ2) is 3.81. The first-order valence-corrected chi connectivity index (χ1v) is 5.52. The van der Waals surface area contributed by atoms with E-state index < -0.39 is 5.97 Å². The van der Waals surface area contributed by atoms with Gasteiger partial charge in [0.2, 0.25) is 0 Å². The summed E-state index contributed by atoms with van der Waals surface area (Å²) in [6.07, 6.45) is 2.26. The lowest BCUT2D eigenvalue weighted by Gasteiger charge is -2.06. The molecule has 1 aromatic heterocycles. The van der Waals surface area contributed by atoms with Crippen LogP contribution in [0.15, 0.2) is 0 Å². The highest BCUT2D eigenvalue weighted by Gasteiger charge is 2.40. The Kier molecular flexibility index (Phi) is 2.61. The zero-order chi connectivity index (χ0) is 11.9. The van der Waals surface area contributed by atoms with Crippen molar-refractivity contribution in [2.45, 2.75) is 32.7 Å². The number of imidazole rings is 1. The van der Waals surface area contributed by atoms with Gasteiger partial charge in [-0.25, -0.2) is 9.78 Å². The Morgan fingerprint density at radius 2 is 2.38 bits per heavy atom. The van der Waals surface area contributed by atoms with Crippen molar-refractivity contribution in [3.8, 4) is 0 Å². The van der Waals surface area contributed by atoms with Crippen LogP contribution in [0.5, 0.6) is 0 Å². The first-order valence-electron chi connectivity index (χ1n) is 5.52. The molecule has 0 aliphatic heterocycles. The van der Waals surface area contributed by atoms with E-state index >= 15 is 0 Å². The SMILES string of the molecule is CCC1CC1n1c(C)nc(C(=O)OC)c1N. The molecule has 0 radical (unpaired) electrons. The summed E-state index contributed by atoms with van der Waals surface area (Å²) in [6, 6.07) is 0.413. The van der Waals surface area contributed by atoms with Crippen molar-refractivity contribution in [1.29, 1.82) is 0 Å². The predicted molar refractivity (Wildman–Crippen MR) is 60.2 cm³/mol. The summed E-state index contributed by atoms with van der Waals surface area (Å²) in [6.45, 7) is 4.03. The minimum absolute atomic E-state index is 0.238. The number of carbonyl (C=O) groups excluding carboxylic acids is 1. The van der Waals surface area contributed by atoms with E-state index in [2.05, 4.69) is 16.6 Å². The van der Waals surface area contributed by atoms with Gasteiger partial charge in [0.05, 0.1) is 7.11 Å². The molecule has 1 aliphatic rings. The van der Waals surface area contributed by atoms with E-state index in [0.717, 1.165) is 18.7 Å². The van der Waals surface area contributed by atoms with Gasteiger partial charge in [0.1, 0.15) is 11.6 Å². The lowest BCUT2D eigenvalue weighted by atomic mass is 10.3. The molecule has 1 aromatic rings. The van der Waals surface area contributed by atoms with Crippen molar-refractivity contribution >= 4 is 11.8 Å². The maximum Gasteiger partial charge on any atom is 0.360 e. The third kappa shape index (κ3) is 1.56. The quantitative estimate of drug-likeness (QED) is 0.789. The van der Waals surface area contributed by atoms with Crippen LogP contribution in [0.2, 0.25) is 0 Å². The molecule has 2 unspecified atom stereocenters. The highest BCUT2D eigenvalue weighted by atomic mass is 16.5. The lowest BCUT2D eigenvalue weighted by molar-refractivity contribution is 0.0595. The smallest absolute Gasteiger partial charge is 0.360 e. The summed E-state index contributed by atoms with van der Waals surface area (Å²) in [4.78, 5) is 15.6. The zero-order valence-electron chi connectivity index (χ0n) is 9.86. The average molecular weight is 223 g/mol. The van der Waals surface area contributed by atoms with Gasteiger partial charge in [0.25, 0.3) is 0 Å². The Balaban J connectivity index is 2.33. The molecule has 0 bridgehead atoms. The standard InChI is InChI=1S/C11H17N3O2/c1-4-7-5-8(7)14-6(2)13-9(10(14)12)11(15)16-3/h7-8H,4-5,12H2,1-3H3. The van der Waals surface area contributed by atoms with E-state index in [1.54, 1.807) is 0 Å². The molecule has 88 valence electrons. The Bertz CT molecular complexity index is 425. The number of esters is 1. The number of ether oxygens (including phenoxy) is 1. The van der Waals surface area contributed by atoms with E-state index in [-0.39, 0.29) is 5.69 Å². The molecule has 2 atom stereocenters. The third-order valence-electron chi connectivity index (χ3n) is 3.24. The molecular weight excluding hydrogens is 206 g/mol. The molecule has 5 heteroatoms. The lowest BCUT2D eigenvalue weighted by Crippen LogP contribution is -2.08. The number of aromatic nitrogens is 2. The van der Waals surface area contributed by atoms with E-state index in [0.29, 0.717) is 17.8 Å². The first-order chi connectivity index (χ1) is 7.60. The molecule has 0 aromatic carbocycles. The van der Waals surface area contributed by atoms with Crippen molar-refractivity contribution in [3.63, 3.8) is 0 Å². The van der Waals surface area contributed by atoms with Gasteiger partial charge in [-0.3, -0.25) is 0 Å². The number of rotatable bonds is 3. The molecule has 1 saturated carbocycles. The van der Waals surface area contributed by atoms with Crippen molar-refractivity contribution in [3.05, 3.63) is 11.5 Å². The molecule has 16 heavy (non-hydrogen) atoms. The number of nitrogen functional groups attached to an aromatic ring is 1. The molecule has 2 rings (SSSR count). The number of carbonyl (C=O) groups is 1. The molecule has 1 heterocycles. The summed E-state index contributed by atoms with van der Waals surface area (Å²) in [5.41, 5.74) is 6.18. The van der Waals surface area contributed by atoms with E-state index in [4.69, 9.17) is 5.73 Å². The molecule has 2 N–H and O–H groups in total. The van der Waals surface area contributed by atoms with Gasteiger partial charge < -0.3 is 15.0 Å². The zero-order valence-corrected chi connectivity index (χ0v) is 9.86. The number of anilines is 1. The van der Waals surface area contributed by atoms with Crippen LogP contribution in [0.3, 0.4) is 0 Å². The molecule has 0 saturated heterocycles. The Labute approximate surface area is 94.6 Å². The maximum absolute atomic E-state index is 11.4. The van der Waals surface area contributed by atoms with Crippen molar-refractivity contribution in [2.75, 3.05) is 12.8 Å². The molecule has 0 spiro atoms. The van der Waals surface area contributed by atoms with Gasteiger partial charge in [0.15, 0.2) is 5.69 Å². The summed E-state index contributed by atoms with van der Waals surface area (Å²) in [5.74, 6) is 1.43. The summed E-state index contributed by atoms with van der Waals surface area (Å²) < 4.78 is 6.60. The van der Waals surface area contributed by atoms with E-state index in [9.17, 15) is 4.79 Å². The minimum Gasteiger partial charge on any atom is -0.464 e.